The van der Waals surface area contributed by atoms with Crippen LogP contribution in [-0.2, 0) is 0 Å². The number of aliphatic hydroxyl groups excluding tert-OH is 1. The summed E-state index contributed by atoms with van der Waals surface area (Å²) in [6.07, 6.45) is 5.28. The predicted octanol–water partition coefficient (Wildman–Crippen LogP) is 0.609. The van der Waals surface area contributed by atoms with Gasteiger partial charge in [-0.05, 0) is 39.4 Å². The van der Waals surface area contributed by atoms with Gasteiger partial charge in [0.05, 0.1) is 6.61 Å². The number of nitrogens with zero attached hydrogens (tertiary/aromatic N) is 1. The highest BCUT2D eigenvalue weighted by molar-refractivity contribution is 4.97. The van der Waals surface area contributed by atoms with Gasteiger partial charge in [0.1, 0.15) is 0 Å². The van der Waals surface area contributed by atoms with Gasteiger partial charge in [-0.25, -0.2) is 0 Å². The van der Waals surface area contributed by atoms with Crippen LogP contribution in [0.1, 0.15) is 19.3 Å². The Labute approximate surface area is 86.8 Å². The van der Waals surface area contributed by atoms with Crippen molar-refractivity contribution in [2.45, 2.75) is 24.8 Å². The van der Waals surface area contributed by atoms with E-state index < -0.39 is 0 Å². The lowest BCUT2D eigenvalue weighted by Crippen LogP contribution is -2.53. The molecule has 0 aromatic rings. The first-order valence-electron chi connectivity index (χ1n) is 5.38. The molecular weight excluding hydrogens is 176 g/mol. The molecule has 82 valence electrons. The summed E-state index contributed by atoms with van der Waals surface area (Å²) in [7, 11) is 2.16. The number of β-amino-alcohol motifs (C(OH)–C–C–N with tert-alkyl or cyclic N) is 1. The van der Waals surface area contributed by atoms with Crippen molar-refractivity contribution >= 4 is 0 Å². The third-order valence-corrected chi connectivity index (χ3v) is 3.09. The molecule has 1 fully saturated rings. The van der Waals surface area contributed by atoms with Gasteiger partial charge < -0.3 is 15.3 Å². The van der Waals surface area contributed by atoms with E-state index in [2.05, 4.69) is 23.8 Å². The lowest BCUT2D eigenvalue weighted by Gasteiger charge is -2.41. The Morgan fingerprint density at radius 3 is 2.64 bits per heavy atom. The Balaban J connectivity index is 2.48. The van der Waals surface area contributed by atoms with Gasteiger partial charge in [0, 0.05) is 12.1 Å². The fourth-order valence-electron chi connectivity index (χ4n) is 2.10. The lowest BCUT2D eigenvalue weighted by atomic mass is 9.84. The second kappa shape index (κ2) is 5.49. The minimum atomic E-state index is 0.191. The van der Waals surface area contributed by atoms with Crippen LogP contribution >= 0.6 is 0 Å². The highest BCUT2D eigenvalue weighted by Gasteiger charge is 2.31. The van der Waals surface area contributed by atoms with Gasteiger partial charge in [-0.1, -0.05) is 6.08 Å². The zero-order valence-electron chi connectivity index (χ0n) is 9.13. The highest BCUT2D eigenvalue weighted by Crippen LogP contribution is 2.25. The van der Waals surface area contributed by atoms with Gasteiger partial charge >= 0.3 is 0 Å². The second-order valence-electron chi connectivity index (χ2n) is 4.23. The molecule has 0 aliphatic carbocycles. The molecule has 0 aromatic heterocycles. The van der Waals surface area contributed by atoms with Crippen LogP contribution in [0.5, 0.6) is 0 Å². The van der Waals surface area contributed by atoms with Crippen LogP contribution in [-0.4, -0.2) is 48.8 Å². The summed E-state index contributed by atoms with van der Waals surface area (Å²) in [5.74, 6) is 0. The first-order valence-corrected chi connectivity index (χ1v) is 5.38. The monoisotopic (exact) mass is 198 g/mol. The quantitative estimate of drug-likeness (QED) is 0.635. The van der Waals surface area contributed by atoms with Crippen LogP contribution in [0.2, 0.25) is 0 Å². The first-order chi connectivity index (χ1) is 6.72. The summed E-state index contributed by atoms with van der Waals surface area (Å²) in [4.78, 5) is 2.35. The normalized spacial score (nSPS) is 22.1. The lowest BCUT2D eigenvalue weighted by molar-refractivity contribution is 0.149. The van der Waals surface area contributed by atoms with Crippen LogP contribution in [0, 0.1) is 0 Å². The molecule has 0 unspecified atom stereocenters. The van der Waals surface area contributed by atoms with E-state index in [-0.39, 0.29) is 12.1 Å². The standard InChI is InChI=1S/C11H22N2O/c1-3-4-11(12-7-10-14)5-8-13(2)9-6-11/h3,12,14H,1,4-10H2,2H3. The maximum atomic E-state index is 8.83. The van der Waals surface area contributed by atoms with Crippen LogP contribution in [0.4, 0.5) is 0 Å². The van der Waals surface area contributed by atoms with E-state index >= 15 is 0 Å². The average Bonchev–Trinajstić information content (AvgIpc) is 2.20. The Kier molecular flexibility index (Phi) is 4.58. The number of likely N-dealkylation sites (tertiary alicyclic amines) is 1. The zero-order valence-corrected chi connectivity index (χ0v) is 9.13. The summed E-state index contributed by atoms with van der Waals surface area (Å²) < 4.78 is 0. The SMILES string of the molecule is C=CCC1(NCCO)CCN(C)CC1. The fraction of sp³-hybridized carbons (Fsp3) is 0.818. The summed E-state index contributed by atoms with van der Waals surface area (Å²) in [5, 5.41) is 12.3. The van der Waals surface area contributed by atoms with Crippen molar-refractivity contribution in [2.24, 2.45) is 0 Å². The molecule has 1 heterocycles. The number of hydrogen-bond donors (Lipinski definition) is 2. The van der Waals surface area contributed by atoms with Gasteiger partial charge in [-0.2, -0.15) is 0 Å². The number of hydrogen-bond acceptors (Lipinski definition) is 3. The van der Waals surface area contributed by atoms with Crippen LogP contribution in [0.25, 0.3) is 0 Å². The predicted molar refractivity (Wildman–Crippen MR) is 59.4 cm³/mol. The second-order valence-corrected chi connectivity index (χ2v) is 4.23. The van der Waals surface area contributed by atoms with Crippen molar-refractivity contribution in [3.8, 4) is 0 Å². The maximum absolute atomic E-state index is 8.83. The van der Waals surface area contributed by atoms with Crippen LogP contribution in [0.15, 0.2) is 12.7 Å². The minimum Gasteiger partial charge on any atom is -0.395 e. The topological polar surface area (TPSA) is 35.5 Å². The molecule has 1 aliphatic heterocycles. The average molecular weight is 198 g/mol. The van der Waals surface area contributed by atoms with Gasteiger partial charge in [0.25, 0.3) is 0 Å². The summed E-state index contributed by atoms with van der Waals surface area (Å²) in [6, 6.07) is 0. The van der Waals surface area contributed by atoms with Crippen molar-refractivity contribution in [2.75, 3.05) is 33.3 Å². The number of rotatable bonds is 5. The molecule has 0 bridgehead atoms. The van der Waals surface area contributed by atoms with Crippen LogP contribution in [0.3, 0.4) is 0 Å². The smallest absolute Gasteiger partial charge is 0.0556 e. The number of piperidine rings is 1. The van der Waals surface area contributed by atoms with E-state index in [1.165, 1.54) is 0 Å². The van der Waals surface area contributed by atoms with E-state index in [9.17, 15) is 0 Å². The largest absolute Gasteiger partial charge is 0.395 e. The van der Waals surface area contributed by atoms with Gasteiger partial charge in [-0.3, -0.25) is 0 Å². The number of nitrogens with one attached hydrogen (secondary N) is 1. The van der Waals surface area contributed by atoms with Gasteiger partial charge in [-0.15, -0.1) is 6.58 Å². The molecule has 3 heteroatoms. The molecule has 1 rings (SSSR count). The molecule has 0 aromatic carbocycles. The molecule has 1 aliphatic rings. The van der Waals surface area contributed by atoms with Crippen molar-refractivity contribution in [3.05, 3.63) is 12.7 Å². The zero-order chi connectivity index (χ0) is 10.4. The Morgan fingerprint density at radius 2 is 2.14 bits per heavy atom. The molecule has 3 nitrogen and oxygen atoms in total. The molecule has 2 N–H and O–H groups in total. The Morgan fingerprint density at radius 1 is 1.50 bits per heavy atom. The van der Waals surface area contributed by atoms with Crippen molar-refractivity contribution < 1.29 is 5.11 Å². The van der Waals surface area contributed by atoms with Crippen LogP contribution < -0.4 is 5.32 Å². The number of aliphatic hydroxyl groups is 1. The third-order valence-electron chi connectivity index (χ3n) is 3.09. The summed E-state index contributed by atoms with van der Waals surface area (Å²) in [5.41, 5.74) is 0.191. The summed E-state index contributed by atoms with van der Waals surface area (Å²) in [6.45, 7) is 6.98. The van der Waals surface area contributed by atoms with E-state index in [1.807, 2.05) is 6.08 Å². The van der Waals surface area contributed by atoms with Crippen molar-refractivity contribution in [1.29, 1.82) is 0 Å². The molecule has 0 radical (unpaired) electrons. The molecule has 0 atom stereocenters. The van der Waals surface area contributed by atoms with E-state index in [1.54, 1.807) is 0 Å². The molecule has 0 saturated carbocycles. The van der Waals surface area contributed by atoms with E-state index in [0.29, 0.717) is 6.54 Å². The third kappa shape index (κ3) is 3.08. The Bertz CT molecular complexity index is 169. The van der Waals surface area contributed by atoms with Crippen molar-refractivity contribution in [1.82, 2.24) is 10.2 Å². The Hall–Kier alpha value is -0.380. The van der Waals surface area contributed by atoms with E-state index in [0.717, 1.165) is 32.4 Å². The molecule has 0 amide bonds. The summed E-state index contributed by atoms with van der Waals surface area (Å²) >= 11 is 0. The minimum absolute atomic E-state index is 0.191. The molecule has 14 heavy (non-hydrogen) atoms. The molecule has 0 spiro atoms. The molecule has 1 saturated heterocycles. The molecular formula is C11H22N2O. The first kappa shape index (κ1) is 11.7. The highest BCUT2D eigenvalue weighted by atomic mass is 16.3. The van der Waals surface area contributed by atoms with Crippen molar-refractivity contribution in [3.63, 3.8) is 0 Å². The maximum Gasteiger partial charge on any atom is 0.0556 e. The van der Waals surface area contributed by atoms with Gasteiger partial charge in [0.2, 0.25) is 0 Å². The fourth-order valence-corrected chi connectivity index (χ4v) is 2.10. The van der Waals surface area contributed by atoms with Gasteiger partial charge in [0.15, 0.2) is 0 Å². The van der Waals surface area contributed by atoms with E-state index in [4.69, 9.17) is 5.11 Å².